The smallest absolute Gasteiger partial charge is 0.232 e. The Balaban J connectivity index is 0.00000363. The van der Waals surface area contributed by atoms with Crippen LogP contribution in [-0.2, 0) is 23.2 Å². The normalized spacial score (nSPS) is 16.5. The Morgan fingerprint density at radius 2 is 2.09 bits per heavy atom. The SMILES string of the molecule is CCNC(=NCc1ccc(C)cc1OCC1CCOC1)NCc1noc(C(C)(C)C)n1.I. The van der Waals surface area contributed by atoms with Crippen LogP contribution in [0.15, 0.2) is 27.7 Å². The monoisotopic (exact) mass is 557 g/mol. The van der Waals surface area contributed by atoms with Gasteiger partial charge in [0, 0.05) is 30.0 Å². The maximum atomic E-state index is 6.14. The summed E-state index contributed by atoms with van der Waals surface area (Å²) in [7, 11) is 0. The van der Waals surface area contributed by atoms with E-state index in [4.69, 9.17) is 19.0 Å². The van der Waals surface area contributed by atoms with Crippen molar-refractivity contribution >= 4 is 29.9 Å². The molecule has 32 heavy (non-hydrogen) atoms. The minimum absolute atomic E-state index is 0. The summed E-state index contributed by atoms with van der Waals surface area (Å²) >= 11 is 0. The molecule has 9 heteroatoms. The van der Waals surface area contributed by atoms with E-state index in [9.17, 15) is 0 Å². The van der Waals surface area contributed by atoms with Crippen molar-refractivity contribution in [2.45, 2.75) is 59.5 Å². The molecular weight excluding hydrogens is 521 g/mol. The van der Waals surface area contributed by atoms with Crippen molar-refractivity contribution < 1.29 is 14.0 Å². The van der Waals surface area contributed by atoms with Gasteiger partial charge in [0.2, 0.25) is 5.89 Å². The molecule has 2 N–H and O–H groups in total. The van der Waals surface area contributed by atoms with Crippen LogP contribution in [0.5, 0.6) is 5.75 Å². The van der Waals surface area contributed by atoms with E-state index < -0.39 is 0 Å². The van der Waals surface area contributed by atoms with Gasteiger partial charge in [-0.25, -0.2) is 4.99 Å². The first kappa shape index (κ1) is 26.4. The molecule has 178 valence electrons. The standard InChI is InChI=1S/C23H35N5O3.HI/c1-6-24-22(26-13-20-27-21(31-28-20)23(3,4)5)25-12-18-8-7-16(2)11-19(18)30-15-17-9-10-29-14-17;/h7-8,11,17H,6,9-10,12-15H2,1-5H3,(H2,24,25,26);1H. The van der Waals surface area contributed by atoms with Crippen molar-refractivity contribution in [3.63, 3.8) is 0 Å². The number of guanidine groups is 1. The van der Waals surface area contributed by atoms with E-state index in [0.29, 0.717) is 43.3 Å². The lowest BCUT2D eigenvalue weighted by molar-refractivity contribution is 0.166. The van der Waals surface area contributed by atoms with Crippen molar-refractivity contribution in [2.24, 2.45) is 10.9 Å². The van der Waals surface area contributed by atoms with E-state index in [2.05, 4.69) is 45.9 Å². The number of halogens is 1. The van der Waals surface area contributed by atoms with Gasteiger partial charge in [-0.3, -0.25) is 0 Å². The second-order valence-corrected chi connectivity index (χ2v) is 8.97. The molecule has 1 fully saturated rings. The Morgan fingerprint density at radius 3 is 2.75 bits per heavy atom. The third kappa shape index (κ3) is 7.91. The Kier molecular flexibility index (Phi) is 10.2. The van der Waals surface area contributed by atoms with Crippen molar-refractivity contribution in [1.82, 2.24) is 20.8 Å². The van der Waals surface area contributed by atoms with Gasteiger partial charge in [-0.2, -0.15) is 4.98 Å². The molecule has 0 spiro atoms. The van der Waals surface area contributed by atoms with Crippen LogP contribution >= 0.6 is 24.0 Å². The molecular formula is C23H36IN5O3. The number of hydrogen-bond acceptors (Lipinski definition) is 6. The molecule has 0 radical (unpaired) electrons. The van der Waals surface area contributed by atoms with Gasteiger partial charge >= 0.3 is 0 Å². The Bertz CT molecular complexity index is 873. The summed E-state index contributed by atoms with van der Waals surface area (Å²) in [6.45, 7) is 14.2. The molecule has 1 atom stereocenters. The van der Waals surface area contributed by atoms with Crippen LogP contribution in [0.25, 0.3) is 0 Å². The molecule has 0 bridgehead atoms. The fourth-order valence-electron chi connectivity index (χ4n) is 3.15. The highest BCUT2D eigenvalue weighted by molar-refractivity contribution is 14.0. The van der Waals surface area contributed by atoms with Gasteiger partial charge in [-0.1, -0.05) is 38.1 Å². The molecule has 8 nitrogen and oxygen atoms in total. The first-order valence-electron chi connectivity index (χ1n) is 11.0. The molecule has 1 aliphatic rings. The van der Waals surface area contributed by atoms with Crippen molar-refractivity contribution in [2.75, 3.05) is 26.4 Å². The number of aromatic nitrogens is 2. The van der Waals surface area contributed by atoms with E-state index in [1.165, 1.54) is 5.56 Å². The van der Waals surface area contributed by atoms with Crippen LogP contribution < -0.4 is 15.4 Å². The highest BCUT2D eigenvalue weighted by Gasteiger charge is 2.21. The Morgan fingerprint density at radius 1 is 1.28 bits per heavy atom. The molecule has 2 aromatic rings. The molecule has 0 aliphatic carbocycles. The fraction of sp³-hybridized carbons (Fsp3) is 0.609. The van der Waals surface area contributed by atoms with Crippen LogP contribution in [0.2, 0.25) is 0 Å². The van der Waals surface area contributed by atoms with Gasteiger partial charge < -0.3 is 24.6 Å². The highest BCUT2D eigenvalue weighted by atomic mass is 127. The molecule has 2 heterocycles. The summed E-state index contributed by atoms with van der Waals surface area (Å²) in [5.74, 6) is 3.28. The summed E-state index contributed by atoms with van der Waals surface area (Å²) in [6.07, 6.45) is 1.06. The molecule has 1 aliphatic heterocycles. The van der Waals surface area contributed by atoms with Gasteiger partial charge in [-0.05, 0) is 31.9 Å². The van der Waals surface area contributed by atoms with E-state index in [-0.39, 0.29) is 29.4 Å². The van der Waals surface area contributed by atoms with Crippen LogP contribution in [0.1, 0.15) is 57.0 Å². The number of nitrogens with zero attached hydrogens (tertiary/aromatic N) is 3. The average molecular weight is 557 g/mol. The minimum Gasteiger partial charge on any atom is -0.493 e. The summed E-state index contributed by atoms with van der Waals surface area (Å²) in [4.78, 5) is 9.19. The second kappa shape index (κ2) is 12.4. The summed E-state index contributed by atoms with van der Waals surface area (Å²) in [5.41, 5.74) is 2.05. The van der Waals surface area contributed by atoms with Crippen molar-refractivity contribution in [3.8, 4) is 5.75 Å². The molecule has 0 amide bonds. The highest BCUT2D eigenvalue weighted by Crippen LogP contribution is 2.23. The first-order valence-corrected chi connectivity index (χ1v) is 11.0. The van der Waals surface area contributed by atoms with Crippen LogP contribution in [0.4, 0.5) is 0 Å². The van der Waals surface area contributed by atoms with E-state index in [1.807, 2.05) is 27.7 Å². The summed E-state index contributed by atoms with van der Waals surface area (Å²) in [6, 6.07) is 6.25. The molecule has 1 unspecified atom stereocenters. The van der Waals surface area contributed by atoms with E-state index >= 15 is 0 Å². The zero-order chi connectivity index (χ0) is 22.3. The fourth-order valence-corrected chi connectivity index (χ4v) is 3.15. The number of rotatable bonds is 8. The third-order valence-corrected chi connectivity index (χ3v) is 5.00. The van der Waals surface area contributed by atoms with Gasteiger partial charge in [0.25, 0.3) is 0 Å². The molecule has 1 aromatic heterocycles. The number of nitrogens with one attached hydrogen (secondary N) is 2. The molecule has 1 aromatic carbocycles. The first-order chi connectivity index (χ1) is 14.8. The Labute approximate surface area is 208 Å². The topological polar surface area (TPSA) is 93.8 Å². The summed E-state index contributed by atoms with van der Waals surface area (Å²) < 4.78 is 16.9. The van der Waals surface area contributed by atoms with Gasteiger partial charge in [0.15, 0.2) is 11.8 Å². The maximum absolute atomic E-state index is 6.14. The van der Waals surface area contributed by atoms with Gasteiger partial charge in [0.1, 0.15) is 5.75 Å². The van der Waals surface area contributed by atoms with Crippen LogP contribution in [-0.4, -0.2) is 42.5 Å². The third-order valence-electron chi connectivity index (χ3n) is 5.00. The van der Waals surface area contributed by atoms with Crippen LogP contribution in [0.3, 0.4) is 0 Å². The summed E-state index contributed by atoms with van der Waals surface area (Å²) in [5, 5.41) is 10.6. The average Bonchev–Trinajstić information content (AvgIpc) is 3.41. The number of aryl methyl sites for hydroxylation is 1. The zero-order valence-corrected chi connectivity index (χ0v) is 22.1. The maximum Gasteiger partial charge on any atom is 0.232 e. The second-order valence-electron chi connectivity index (χ2n) is 8.97. The van der Waals surface area contributed by atoms with Gasteiger partial charge in [0.05, 0.1) is 26.3 Å². The number of benzene rings is 1. The predicted octanol–water partition coefficient (Wildman–Crippen LogP) is 3.96. The molecule has 0 saturated carbocycles. The Hall–Kier alpha value is -1.88. The predicted molar refractivity (Wildman–Crippen MR) is 136 cm³/mol. The zero-order valence-electron chi connectivity index (χ0n) is 19.7. The lowest BCUT2D eigenvalue weighted by Gasteiger charge is -2.15. The van der Waals surface area contributed by atoms with E-state index in [0.717, 1.165) is 37.5 Å². The lowest BCUT2D eigenvalue weighted by Crippen LogP contribution is -2.37. The quantitative estimate of drug-likeness (QED) is 0.288. The largest absolute Gasteiger partial charge is 0.493 e. The molecule has 1 saturated heterocycles. The number of ether oxygens (including phenoxy) is 2. The van der Waals surface area contributed by atoms with Crippen molar-refractivity contribution in [1.29, 1.82) is 0 Å². The molecule has 3 rings (SSSR count). The van der Waals surface area contributed by atoms with Crippen LogP contribution in [0, 0.1) is 12.8 Å². The number of aliphatic imine (C=N–C) groups is 1. The number of hydrogen-bond donors (Lipinski definition) is 2. The minimum atomic E-state index is -0.170. The van der Waals surface area contributed by atoms with Crippen molar-refractivity contribution in [3.05, 3.63) is 41.0 Å². The van der Waals surface area contributed by atoms with E-state index in [1.54, 1.807) is 0 Å². The van der Waals surface area contributed by atoms with Gasteiger partial charge in [-0.15, -0.1) is 24.0 Å². The lowest BCUT2D eigenvalue weighted by atomic mass is 9.97.